The van der Waals surface area contributed by atoms with Crippen molar-refractivity contribution >= 4 is 50.8 Å². The van der Waals surface area contributed by atoms with E-state index in [4.69, 9.17) is 4.74 Å². The van der Waals surface area contributed by atoms with E-state index in [1.54, 1.807) is 12.1 Å². The molecule has 5 rings (SSSR count). The quantitative estimate of drug-likeness (QED) is 0.227. The lowest BCUT2D eigenvalue weighted by molar-refractivity contribution is -0.387. The second-order valence-electron chi connectivity index (χ2n) is 8.04. The monoisotopic (exact) mass is 464 g/mol. The Balaban J connectivity index is 1.46. The van der Waals surface area contributed by atoms with Crippen LogP contribution in [-0.2, 0) is 11.3 Å². The number of thioether (sulfide) groups is 1. The van der Waals surface area contributed by atoms with Crippen molar-refractivity contribution in [3.05, 3.63) is 53.0 Å². The van der Waals surface area contributed by atoms with Crippen LogP contribution >= 0.6 is 11.8 Å². The Labute approximate surface area is 194 Å². The van der Waals surface area contributed by atoms with Crippen molar-refractivity contribution in [1.82, 2.24) is 19.7 Å². The molecule has 2 aromatic carbocycles. The third kappa shape index (κ3) is 4.49. The van der Waals surface area contributed by atoms with Crippen molar-refractivity contribution in [3.8, 4) is 0 Å². The second kappa shape index (κ2) is 9.32. The van der Waals surface area contributed by atoms with Crippen LogP contribution in [0.2, 0.25) is 0 Å². The van der Waals surface area contributed by atoms with E-state index in [-0.39, 0.29) is 10.6 Å². The topological polar surface area (TPSA) is 108 Å². The molecule has 1 N–H and O–H groups in total. The first-order valence-electron chi connectivity index (χ1n) is 11.0. The summed E-state index contributed by atoms with van der Waals surface area (Å²) >= 11 is 1.53. The number of fused-ring (bicyclic) bond motifs is 2. The fourth-order valence-electron chi connectivity index (χ4n) is 4.10. The lowest BCUT2D eigenvalue weighted by Crippen LogP contribution is -2.17. The number of ether oxygens (including phenoxy) is 1. The van der Waals surface area contributed by atoms with E-state index in [0.29, 0.717) is 27.5 Å². The van der Waals surface area contributed by atoms with E-state index in [9.17, 15) is 10.1 Å². The predicted octanol–water partition coefficient (Wildman–Crippen LogP) is 5.17. The number of rotatable bonds is 7. The van der Waals surface area contributed by atoms with Gasteiger partial charge in [-0.25, -0.2) is 9.97 Å². The molecule has 1 saturated heterocycles. The molecule has 0 atom stereocenters. The van der Waals surface area contributed by atoms with Crippen LogP contribution in [0.15, 0.2) is 47.8 Å². The largest absolute Gasteiger partial charge is 0.381 e. The number of nitro benzene ring substituents is 1. The van der Waals surface area contributed by atoms with Gasteiger partial charge in [0.1, 0.15) is 12.1 Å². The number of aromatic nitrogens is 4. The maximum absolute atomic E-state index is 11.9. The van der Waals surface area contributed by atoms with Crippen LogP contribution in [0.1, 0.15) is 19.8 Å². The predicted molar refractivity (Wildman–Crippen MR) is 129 cm³/mol. The third-order valence-electron chi connectivity index (χ3n) is 5.93. The van der Waals surface area contributed by atoms with Crippen LogP contribution in [-0.4, -0.2) is 43.6 Å². The summed E-state index contributed by atoms with van der Waals surface area (Å²) in [5, 5.41) is 21.2. The molecule has 2 aromatic heterocycles. The Morgan fingerprint density at radius 1 is 1.24 bits per heavy atom. The Kier molecular flexibility index (Phi) is 6.10. The molecule has 33 heavy (non-hydrogen) atoms. The Morgan fingerprint density at radius 2 is 2.09 bits per heavy atom. The smallest absolute Gasteiger partial charge is 0.283 e. The summed E-state index contributed by atoms with van der Waals surface area (Å²) in [5.74, 6) is 1.87. The van der Waals surface area contributed by atoms with Gasteiger partial charge in [-0.2, -0.15) is 5.10 Å². The van der Waals surface area contributed by atoms with Gasteiger partial charge in [-0.15, -0.1) is 11.8 Å². The van der Waals surface area contributed by atoms with Gasteiger partial charge in [-0.05, 0) is 49.9 Å². The van der Waals surface area contributed by atoms with Crippen molar-refractivity contribution in [2.45, 2.75) is 31.2 Å². The molecule has 9 nitrogen and oxygen atoms in total. The summed E-state index contributed by atoms with van der Waals surface area (Å²) in [7, 11) is 0. The maximum atomic E-state index is 11.9. The van der Waals surface area contributed by atoms with Gasteiger partial charge in [0.25, 0.3) is 5.69 Å². The minimum absolute atomic E-state index is 0.0806. The lowest BCUT2D eigenvalue weighted by atomic mass is 10.0. The van der Waals surface area contributed by atoms with Crippen LogP contribution in [0.25, 0.3) is 21.8 Å². The molecule has 0 spiro atoms. The normalized spacial score (nSPS) is 14.7. The van der Waals surface area contributed by atoms with E-state index in [1.165, 1.54) is 18.1 Å². The van der Waals surface area contributed by atoms with Crippen LogP contribution in [0.4, 0.5) is 17.2 Å². The molecule has 170 valence electrons. The molecule has 1 fully saturated rings. The molecule has 4 aromatic rings. The van der Waals surface area contributed by atoms with Crippen LogP contribution in [0, 0.1) is 16.0 Å². The second-order valence-corrected chi connectivity index (χ2v) is 9.10. The zero-order valence-corrected chi connectivity index (χ0v) is 19.0. The number of anilines is 2. The number of nitro groups is 1. The number of hydrogen-bond acceptors (Lipinski definition) is 8. The number of benzene rings is 2. The zero-order chi connectivity index (χ0) is 22.8. The highest BCUT2D eigenvalue weighted by molar-refractivity contribution is 7.99. The minimum Gasteiger partial charge on any atom is -0.381 e. The molecule has 10 heteroatoms. The Morgan fingerprint density at radius 3 is 2.88 bits per heavy atom. The number of nitrogens with one attached hydrogen (secondary N) is 1. The SMILES string of the molecule is CCn1ncc2cc(Nc3ncnc4cc(SCC5CCOCC5)c([N+](=O)[O-])cc34)ccc21. The summed E-state index contributed by atoms with van der Waals surface area (Å²) in [6, 6.07) is 9.34. The number of nitrogens with zero attached hydrogens (tertiary/aromatic N) is 5. The summed E-state index contributed by atoms with van der Waals surface area (Å²) in [6.07, 6.45) is 5.30. The molecule has 0 amide bonds. The van der Waals surface area contributed by atoms with Gasteiger partial charge < -0.3 is 10.1 Å². The summed E-state index contributed by atoms with van der Waals surface area (Å²) in [6.45, 7) is 4.37. The molecule has 3 heterocycles. The highest BCUT2D eigenvalue weighted by Gasteiger charge is 2.21. The van der Waals surface area contributed by atoms with Crippen molar-refractivity contribution in [3.63, 3.8) is 0 Å². The van der Waals surface area contributed by atoms with E-state index in [2.05, 4.69) is 27.3 Å². The van der Waals surface area contributed by atoms with Gasteiger partial charge in [0.15, 0.2) is 0 Å². The highest BCUT2D eigenvalue weighted by atomic mass is 32.2. The fraction of sp³-hybridized carbons (Fsp3) is 0.348. The van der Waals surface area contributed by atoms with Gasteiger partial charge in [-0.1, -0.05) is 0 Å². The standard InChI is InChI=1S/C23H24N6O3S/c1-2-28-20-4-3-17(9-16(20)12-26-28)27-23-18-10-21(29(30)31)22(11-19(18)24-14-25-23)33-13-15-5-7-32-8-6-15/h3-4,9-12,14-15H,2,5-8,13H2,1H3,(H,24,25,27). The van der Waals surface area contributed by atoms with Crippen molar-refractivity contribution in [2.24, 2.45) is 5.92 Å². The van der Waals surface area contributed by atoms with Crippen LogP contribution in [0.3, 0.4) is 0 Å². The first-order valence-corrected chi connectivity index (χ1v) is 12.0. The van der Waals surface area contributed by atoms with Gasteiger partial charge in [0.05, 0.1) is 27.0 Å². The molecule has 1 aliphatic heterocycles. The Hall–Kier alpha value is -3.24. The van der Waals surface area contributed by atoms with Gasteiger partial charge >= 0.3 is 0 Å². The molecule has 0 unspecified atom stereocenters. The van der Waals surface area contributed by atoms with Crippen LogP contribution in [0.5, 0.6) is 0 Å². The fourth-order valence-corrected chi connectivity index (χ4v) is 5.33. The Bertz CT molecular complexity index is 1320. The molecule has 0 radical (unpaired) electrons. The van der Waals surface area contributed by atoms with Gasteiger partial charge in [0.2, 0.25) is 0 Å². The number of hydrogen-bond donors (Lipinski definition) is 1. The molecule has 1 aliphatic rings. The summed E-state index contributed by atoms with van der Waals surface area (Å²) < 4.78 is 7.35. The first-order chi connectivity index (χ1) is 16.1. The third-order valence-corrected chi connectivity index (χ3v) is 7.21. The van der Waals surface area contributed by atoms with E-state index < -0.39 is 0 Å². The summed E-state index contributed by atoms with van der Waals surface area (Å²) in [4.78, 5) is 20.9. The minimum atomic E-state index is -0.326. The van der Waals surface area contributed by atoms with Gasteiger partial charge in [-0.3, -0.25) is 14.8 Å². The van der Waals surface area contributed by atoms with Crippen molar-refractivity contribution in [1.29, 1.82) is 0 Å². The lowest BCUT2D eigenvalue weighted by Gasteiger charge is -2.21. The molecule has 0 saturated carbocycles. The van der Waals surface area contributed by atoms with E-state index in [1.807, 2.05) is 29.1 Å². The molecular weight excluding hydrogens is 440 g/mol. The average Bonchev–Trinajstić information content (AvgIpc) is 3.25. The van der Waals surface area contributed by atoms with Crippen LogP contribution < -0.4 is 5.32 Å². The van der Waals surface area contributed by atoms with Crippen molar-refractivity contribution < 1.29 is 9.66 Å². The molecule has 0 aliphatic carbocycles. The average molecular weight is 465 g/mol. The zero-order valence-electron chi connectivity index (χ0n) is 18.2. The summed E-state index contributed by atoms with van der Waals surface area (Å²) in [5.41, 5.74) is 2.64. The van der Waals surface area contributed by atoms with Crippen molar-refractivity contribution in [2.75, 3.05) is 24.3 Å². The van der Waals surface area contributed by atoms with Gasteiger partial charge in [0, 0.05) is 48.0 Å². The maximum Gasteiger partial charge on any atom is 0.283 e. The van der Waals surface area contributed by atoms with E-state index >= 15 is 0 Å². The van der Waals surface area contributed by atoms with E-state index in [0.717, 1.165) is 54.9 Å². The molecular formula is C23H24N6O3S. The first kappa shape index (κ1) is 21.6. The number of aryl methyl sites for hydroxylation is 1. The highest BCUT2D eigenvalue weighted by Crippen LogP contribution is 2.37. The molecule has 0 bridgehead atoms.